The van der Waals surface area contributed by atoms with E-state index in [4.69, 9.17) is 9.47 Å². The summed E-state index contributed by atoms with van der Waals surface area (Å²) >= 11 is 0. The summed E-state index contributed by atoms with van der Waals surface area (Å²) in [5.41, 5.74) is 2.56. The minimum atomic E-state index is -0.984. The minimum Gasteiger partial charge on any atom is -0.497 e. The molecule has 1 fully saturated rings. The third-order valence-corrected chi connectivity index (χ3v) is 7.03. The van der Waals surface area contributed by atoms with Gasteiger partial charge >= 0.3 is 0 Å². The molecule has 0 radical (unpaired) electrons. The average Bonchev–Trinajstić information content (AvgIpc) is 3.62. The first-order valence-electron chi connectivity index (χ1n) is 13.4. The highest BCUT2D eigenvalue weighted by Gasteiger charge is 2.36. The monoisotopic (exact) mass is 527 g/mol. The highest BCUT2D eigenvalue weighted by Crippen LogP contribution is 2.35. The van der Waals surface area contributed by atoms with Crippen molar-refractivity contribution >= 4 is 28.5 Å². The van der Waals surface area contributed by atoms with Gasteiger partial charge in [-0.15, -0.1) is 5.10 Å². The van der Waals surface area contributed by atoms with Crippen molar-refractivity contribution in [2.45, 2.75) is 51.2 Å². The Morgan fingerprint density at radius 2 is 1.82 bits per heavy atom. The van der Waals surface area contributed by atoms with Crippen LogP contribution in [0.25, 0.3) is 11.0 Å². The van der Waals surface area contributed by atoms with Gasteiger partial charge in [0.1, 0.15) is 29.6 Å². The number of ether oxygens (including phenoxy) is 2. The molecule has 0 spiro atoms. The summed E-state index contributed by atoms with van der Waals surface area (Å²) in [5.74, 6) is 0.550. The maximum atomic E-state index is 14.3. The van der Waals surface area contributed by atoms with Crippen molar-refractivity contribution in [2.75, 3.05) is 18.6 Å². The van der Waals surface area contributed by atoms with Crippen molar-refractivity contribution in [1.29, 1.82) is 0 Å². The van der Waals surface area contributed by atoms with E-state index in [0.717, 1.165) is 31.2 Å². The molecule has 1 aliphatic rings. The number of methoxy groups -OCH3 is 1. The highest BCUT2D eigenvalue weighted by atomic mass is 16.5. The Morgan fingerprint density at radius 1 is 1.05 bits per heavy atom. The van der Waals surface area contributed by atoms with Crippen LogP contribution in [-0.2, 0) is 16.1 Å². The van der Waals surface area contributed by atoms with Crippen molar-refractivity contribution in [3.63, 3.8) is 0 Å². The van der Waals surface area contributed by atoms with Gasteiger partial charge in [0.2, 0.25) is 11.8 Å². The number of nitrogens with one attached hydrogen (secondary N) is 1. The molecule has 0 bridgehead atoms. The van der Waals surface area contributed by atoms with Gasteiger partial charge in [-0.2, -0.15) is 0 Å². The topological polar surface area (TPSA) is 98.6 Å². The Kier molecular flexibility index (Phi) is 8.05. The Balaban J connectivity index is 1.62. The number of rotatable bonds is 10. The number of carbonyl (C=O) groups is 2. The van der Waals surface area contributed by atoms with E-state index in [1.807, 2.05) is 55.5 Å². The summed E-state index contributed by atoms with van der Waals surface area (Å²) < 4.78 is 13.0. The fourth-order valence-electron chi connectivity index (χ4n) is 5.18. The zero-order valence-corrected chi connectivity index (χ0v) is 22.2. The Morgan fingerprint density at radius 3 is 2.62 bits per heavy atom. The minimum absolute atomic E-state index is 0.0702. The molecular formula is C30H33N5O4. The van der Waals surface area contributed by atoms with Crippen molar-refractivity contribution in [2.24, 2.45) is 0 Å². The molecule has 0 aliphatic heterocycles. The predicted molar refractivity (Wildman–Crippen MR) is 149 cm³/mol. The van der Waals surface area contributed by atoms with Crippen LogP contribution in [0.3, 0.4) is 0 Å². The molecule has 0 saturated heterocycles. The van der Waals surface area contributed by atoms with E-state index in [0.29, 0.717) is 34.9 Å². The van der Waals surface area contributed by atoms with Crippen LogP contribution in [0.1, 0.15) is 44.2 Å². The molecule has 39 heavy (non-hydrogen) atoms. The summed E-state index contributed by atoms with van der Waals surface area (Å²) in [6.45, 7) is 2.21. The molecule has 9 heteroatoms. The average molecular weight is 528 g/mol. The summed E-state index contributed by atoms with van der Waals surface area (Å²) in [7, 11) is 1.57. The molecule has 202 valence electrons. The Hall–Kier alpha value is -4.40. The zero-order chi connectivity index (χ0) is 27.2. The molecule has 2 amide bonds. The van der Waals surface area contributed by atoms with Crippen LogP contribution in [0, 0.1) is 0 Å². The molecule has 1 heterocycles. The lowest BCUT2D eigenvalue weighted by Crippen LogP contribution is -2.47. The summed E-state index contributed by atoms with van der Waals surface area (Å²) in [4.78, 5) is 29.9. The Bertz CT molecular complexity index is 1450. The van der Waals surface area contributed by atoms with Gasteiger partial charge < -0.3 is 14.8 Å². The lowest BCUT2D eigenvalue weighted by molar-refractivity contribution is -0.127. The first kappa shape index (κ1) is 26.2. The van der Waals surface area contributed by atoms with Gasteiger partial charge in [0.25, 0.3) is 0 Å². The second-order valence-corrected chi connectivity index (χ2v) is 9.56. The van der Waals surface area contributed by atoms with E-state index < -0.39 is 6.04 Å². The van der Waals surface area contributed by atoms with Gasteiger partial charge in [0.05, 0.1) is 19.2 Å². The van der Waals surface area contributed by atoms with E-state index in [9.17, 15) is 9.59 Å². The number of amides is 2. The van der Waals surface area contributed by atoms with E-state index >= 15 is 0 Å². The lowest BCUT2D eigenvalue weighted by Gasteiger charge is -2.33. The third kappa shape index (κ3) is 5.72. The Labute approximate surface area is 227 Å². The van der Waals surface area contributed by atoms with E-state index in [2.05, 4.69) is 15.6 Å². The quantitative estimate of drug-likeness (QED) is 0.322. The number of carbonyl (C=O) groups excluding carboxylic acids is 2. The molecular weight excluding hydrogens is 494 g/mol. The van der Waals surface area contributed by atoms with Crippen LogP contribution in [0.15, 0.2) is 72.8 Å². The molecule has 1 saturated carbocycles. The van der Waals surface area contributed by atoms with Crippen molar-refractivity contribution in [1.82, 2.24) is 20.3 Å². The number of hydrogen-bond acceptors (Lipinski definition) is 6. The second kappa shape index (κ2) is 12.0. The molecule has 5 rings (SSSR count). The summed E-state index contributed by atoms with van der Waals surface area (Å²) in [6, 6.07) is 21.1. The number of aromatic nitrogens is 3. The normalized spacial score (nSPS) is 14.2. The fourth-order valence-corrected chi connectivity index (χ4v) is 5.18. The third-order valence-electron chi connectivity index (χ3n) is 7.03. The second-order valence-electron chi connectivity index (χ2n) is 9.56. The van der Waals surface area contributed by atoms with Gasteiger partial charge in [-0.25, -0.2) is 4.68 Å². The summed E-state index contributed by atoms with van der Waals surface area (Å²) in [6.07, 6.45) is 3.99. The number of fused-ring (bicyclic) bond motifs is 1. The number of benzene rings is 3. The maximum absolute atomic E-state index is 14.3. The first-order valence-corrected chi connectivity index (χ1v) is 13.4. The standard InChI is InChI=1S/C30H33N5O4/c1-3-39-27-18-9-6-15-24(27)29(30(37)31-21-11-4-5-12-21)35(22-13-10-14-23(19-22)38-2)28(36)20-34-26-17-8-7-16-25(26)32-33-34/h6-10,13-19,21,29H,3-5,11-12,20H2,1-2H3,(H,31,37)/t29-/m1/s1. The van der Waals surface area contributed by atoms with E-state index in [1.54, 1.807) is 36.1 Å². The zero-order valence-electron chi connectivity index (χ0n) is 22.2. The van der Waals surface area contributed by atoms with E-state index in [1.165, 1.54) is 4.90 Å². The lowest BCUT2D eigenvalue weighted by atomic mass is 10.0. The molecule has 4 aromatic rings. The number of nitrogens with zero attached hydrogens (tertiary/aromatic N) is 4. The largest absolute Gasteiger partial charge is 0.497 e. The molecule has 1 aliphatic carbocycles. The van der Waals surface area contributed by atoms with Crippen LogP contribution in [0.5, 0.6) is 11.5 Å². The van der Waals surface area contributed by atoms with Gasteiger partial charge in [0.15, 0.2) is 0 Å². The van der Waals surface area contributed by atoms with Crippen LogP contribution < -0.4 is 19.7 Å². The SMILES string of the molecule is CCOc1ccccc1[C@H](C(=O)NC1CCCC1)N(C(=O)Cn1nnc2ccccc21)c1cccc(OC)c1. The van der Waals surface area contributed by atoms with Gasteiger partial charge in [-0.3, -0.25) is 14.5 Å². The van der Waals surface area contributed by atoms with E-state index in [-0.39, 0.29) is 24.4 Å². The number of hydrogen-bond donors (Lipinski definition) is 1. The molecule has 1 atom stereocenters. The predicted octanol–water partition coefficient (Wildman–Crippen LogP) is 4.67. The van der Waals surface area contributed by atoms with Gasteiger partial charge in [-0.1, -0.05) is 54.5 Å². The van der Waals surface area contributed by atoms with Gasteiger partial charge in [-0.05, 0) is 50.1 Å². The van der Waals surface area contributed by atoms with Gasteiger partial charge in [0, 0.05) is 23.4 Å². The number of anilines is 1. The summed E-state index contributed by atoms with van der Waals surface area (Å²) in [5, 5.41) is 11.6. The van der Waals surface area contributed by atoms with Crippen LogP contribution in [0.2, 0.25) is 0 Å². The molecule has 1 N–H and O–H groups in total. The van der Waals surface area contributed by atoms with Crippen molar-refractivity contribution in [3.05, 3.63) is 78.4 Å². The number of para-hydroxylation sites is 2. The maximum Gasteiger partial charge on any atom is 0.249 e. The molecule has 9 nitrogen and oxygen atoms in total. The fraction of sp³-hybridized carbons (Fsp3) is 0.333. The smallest absolute Gasteiger partial charge is 0.249 e. The van der Waals surface area contributed by atoms with Crippen molar-refractivity contribution in [3.8, 4) is 11.5 Å². The van der Waals surface area contributed by atoms with Crippen molar-refractivity contribution < 1.29 is 19.1 Å². The van der Waals surface area contributed by atoms with Crippen LogP contribution in [-0.4, -0.2) is 46.6 Å². The van der Waals surface area contributed by atoms with Crippen LogP contribution >= 0.6 is 0 Å². The highest BCUT2D eigenvalue weighted by molar-refractivity contribution is 6.02. The van der Waals surface area contributed by atoms with Crippen LogP contribution in [0.4, 0.5) is 5.69 Å². The molecule has 0 unspecified atom stereocenters. The molecule has 1 aromatic heterocycles. The first-order chi connectivity index (χ1) is 19.1. The molecule has 3 aromatic carbocycles.